The average Bonchev–Trinajstić information content (AvgIpc) is 2.90. The van der Waals surface area contributed by atoms with E-state index in [1.54, 1.807) is 0 Å². The minimum absolute atomic E-state index is 0.199. The molecule has 0 radical (unpaired) electrons. The SMILES string of the molecule is CC/C(S)=C(/N)c1ccc(N2CCCC2)c(F)c1. The molecule has 1 aromatic carbocycles. The van der Waals surface area contributed by atoms with Crippen LogP contribution in [-0.2, 0) is 0 Å². The fourth-order valence-corrected chi connectivity index (χ4v) is 2.38. The number of halogens is 1. The van der Waals surface area contributed by atoms with Crippen molar-refractivity contribution in [3.8, 4) is 0 Å². The molecule has 0 bridgehead atoms. The number of rotatable bonds is 3. The molecule has 0 atom stereocenters. The highest BCUT2D eigenvalue weighted by atomic mass is 32.1. The summed E-state index contributed by atoms with van der Waals surface area (Å²) in [5.41, 5.74) is 7.90. The number of anilines is 1. The van der Waals surface area contributed by atoms with Crippen LogP contribution < -0.4 is 10.6 Å². The number of nitrogens with two attached hydrogens (primary N) is 1. The Bertz CT molecular complexity index is 465. The zero-order chi connectivity index (χ0) is 13.1. The molecule has 0 aliphatic carbocycles. The quantitative estimate of drug-likeness (QED) is 0.821. The molecule has 2 N–H and O–H groups in total. The molecule has 2 nitrogen and oxygen atoms in total. The molecule has 0 unspecified atom stereocenters. The van der Waals surface area contributed by atoms with Crippen molar-refractivity contribution in [3.05, 3.63) is 34.5 Å². The minimum Gasteiger partial charge on any atom is -0.398 e. The summed E-state index contributed by atoms with van der Waals surface area (Å²) in [6.07, 6.45) is 3.03. The van der Waals surface area contributed by atoms with Gasteiger partial charge in [-0.25, -0.2) is 4.39 Å². The second-order valence-electron chi connectivity index (χ2n) is 4.57. The normalized spacial score (nSPS) is 16.9. The van der Waals surface area contributed by atoms with Gasteiger partial charge < -0.3 is 10.6 Å². The van der Waals surface area contributed by atoms with E-state index in [9.17, 15) is 4.39 Å². The van der Waals surface area contributed by atoms with Crippen molar-refractivity contribution < 1.29 is 4.39 Å². The first-order valence-electron chi connectivity index (χ1n) is 6.36. The maximum atomic E-state index is 14.1. The van der Waals surface area contributed by atoms with Crippen LogP contribution >= 0.6 is 12.6 Å². The largest absolute Gasteiger partial charge is 0.398 e. The molecule has 0 spiro atoms. The second kappa shape index (κ2) is 5.65. The predicted molar refractivity (Wildman–Crippen MR) is 78.2 cm³/mol. The Labute approximate surface area is 113 Å². The van der Waals surface area contributed by atoms with Crippen molar-refractivity contribution in [1.29, 1.82) is 0 Å². The summed E-state index contributed by atoms with van der Waals surface area (Å²) in [4.78, 5) is 2.88. The third kappa shape index (κ3) is 2.64. The third-order valence-electron chi connectivity index (χ3n) is 3.35. The summed E-state index contributed by atoms with van der Waals surface area (Å²) < 4.78 is 14.1. The Morgan fingerprint density at radius 3 is 2.61 bits per heavy atom. The van der Waals surface area contributed by atoms with Crippen LogP contribution in [0.3, 0.4) is 0 Å². The first-order chi connectivity index (χ1) is 8.63. The number of hydrogen-bond acceptors (Lipinski definition) is 3. The van der Waals surface area contributed by atoms with Crippen molar-refractivity contribution in [2.75, 3.05) is 18.0 Å². The lowest BCUT2D eigenvalue weighted by atomic mass is 10.1. The Morgan fingerprint density at radius 2 is 2.06 bits per heavy atom. The van der Waals surface area contributed by atoms with Gasteiger partial charge in [0.05, 0.1) is 5.69 Å². The Balaban J connectivity index is 2.30. The number of hydrogen-bond donors (Lipinski definition) is 2. The number of benzene rings is 1. The maximum Gasteiger partial charge on any atom is 0.147 e. The topological polar surface area (TPSA) is 29.3 Å². The van der Waals surface area contributed by atoms with Gasteiger partial charge in [-0.2, -0.15) is 0 Å². The lowest BCUT2D eigenvalue weighted by molar-refractivity contribution is 0.622. The highest BCUT2D eigenvalue weighted by Crippen LogP contribution is 2.27. The van der Waals surface area contributed by atoms with Gasteiger partial charge in [0.15, 0.2) is 0 Å². The molecule has 1 aliphatic rings. The molecule has 0 aromatic heterocycles. The highest BCUT2D eigenvalue weighted by Gasteiger charge is 2.16. The van der Waals surface area contributed by atoms with Gasteiger partial charge in [-0.05, 0) is 31.4 Å². The molecule has 18 heavy (non-hydrogen) atoms. The first kappa shape index (κ1) is 13.3. The van der Waals surface area contributed by atoms with Crippen LogP contribution in [0, 0.1) is 5.82 Å². The van der Waals surface area contributed by atoms with Gasteiger partial charge in [-0.15, -0.1) is 12.6 Å². The van der Waals surface area contributed by atoms with E-state index in [-0.39, 0.29) is 5.82 Å². The van der Waals surface area contributed by atoms with Gasteiger partial charge in [0.25, 0.3) is 0 Å². The van der Waals surface area contributed by atoms with Crippen LogP contribution in [0.25, 0.3) is 5.70 Å². The highest BCUT2D eigenvalue weighted by molar-refractivity contribution is 7.84. The van der Waals surface area contributed by atoms with Crippen molar-refractivity contribution in [1.82, 2.24) is 0 Å². The second-order valence-corrected chi connectivity index (χ2v) is 5.11. The number of nitrogens with zero attached hydrogens (tertiary/aromatic N) is 1. The number of thiol groups is 1. The van der Waals surface area contributed by atoms with E-state index in [0.29, 0.717) is 16.9 Å². The molecular formula is C14H19FN2S. The molecule has 0 amide bonds. The molecule has 98 valence electrons. The molecule has 2 rings (SSSR count). The van der Waals surface area contributed by atoms with Crippen molar-refractivity contribution in [3.63, 3.8) is 0 Å². The molecular weight excluding hydrogens is 247 g/mol. The molecule has 1 saturated heterocycles. The lowest BCUT2D eigenvalue weighted by Gasteiger charge is -2.19. The fraction of sp³-hybridized carbons (Fsp3) is 0.429. The van der Waals surface area contributed by atoms with Gasteiger partial charge in [0.2, 0.25) is 0 Å². The Kier molecular flexibility index (Phi) is 4.17. The summed E-state index contributed by atoms with van der Waals surface area (Å²) in [6, 6.07) is 5.20. The molecule has 1 heterocycles. The van der Waals surface area contributed by atoms with Crippen LogP contribution in [0.2, 0.25) is 0 Å². The van der Waals surface area contributed by atoms with Crippen LogP contribution in [0.5, 0.6) is 0 Å². The Hall–Kier alpha value is -1.16. The fourth-order valence-electron chi connectivity index (χ4n) is 2.25. The van der Waals surface area contributed by atoms with E-state index in [1.807, 2.05) is 19.1 Å². The summed E-state index contributed by atoms with van der Waals surface area (Å²) >= 11 is 4.31. The summed E-state index contributed by atoms with van der Waals surface area (Å²) in [7, 11) is 0. The van der Waals surface area contributed by atoms with E-state index >= 15 is 0 Å². The van der Waals surface area contributed by atoms with Crippen LogP contribution in [-0.4, -0.2) is 13.1 Å². The summed E-state index contributed by atoms with van der Waals surface area (Å²) in [5.74, 6) is -0.199. The standard InChI is InChI=1S/C14H19FN2S/c1-2-13(18)14(16)10-5-6-12(11(15)9-10)17-7-3-4-8-17/h5-6,9,18H,2-4,7-8,16H2,1H3/b14-13-. The molecule has 4 heteroatoms. The third-order valence-corrected chi connectivity index (χ3v) is 3.91. The lowest BCUT2D eigenvalue weighted by Crippen LogP contribution is -2.19. The molecule has 1 fully saturated rings. The van der Waals surface area contributed by atoms with E-state index in [4.69, 9.17) is 5.73 Å². The minimum atomic E-state index is -0.199. The molecule has 1 aromatic rings. The maximum absolute atomic E-state index is 14.1. The summed E-state index contributed by atoms with van der Waals surface area (Å²) in [5, 5.41) is 0. The van der Waals surface area contributed by atoms with Gasteiger partial charge in [0.1, 0.15) is 5.82 Å². The Morgan fingerprint density at radius 1 is 1.39 bits per heavy atom. The van der Waals surface area contributed by atoms with Crippen LogP contribution in [0.15, 0.2) is 23.1 Å². The van der Waals surface area contributed by atoms with E-state index in [2.05, 4.69) is 17.5 Å². The van der Waals surface area contributed by atoms with E-state index < -0.39 is 0 Å². The number of allylic oxidation sites excluding steroid dienone is 1. The smallest absolute Gasteiger partial charge is 0.147 e. The van der Waals surface area contributed by atoms with Crippen LogP contribution in [0.1, 0.15) is 31.7 Å². The van der Waals surface area contributed by atoms with Crippen molar-refractivity contribution >= 4 is 24.0 Å². The van der Waals surface area contributed by atoms with Gasteiger partial charge >= 0.3 is 0 Å². The average molecular weight is 266 g/mol. The van der Waals surface area contributed by atoms with Gasteiger partial charge in [-0.3, -0.25) is 0 Å². The molecule has 0 saturated carbocycles. The van der Waals surface area contributed by atoms with E-state index in [0.717, 1.165) is 37.3 Å². The molecule has 1 aliphatic heterocycles. The zero-order valence-electron chi connectivity index (χ0n) is 10.6. The van der Waals surface area contributed by atoms with Gasteiger partial charge in [-0.1, -0.05) is 13.0 Å². The van der Waals surface area contributed by atoms with E-state index in [1.165, 1.54) is 6.07 Å². The van der Waals surface area contributed by atoms with Crippen LogP contribution in [0.4, 0.5) is 10.1 Å². The van der Waals surface area contributed by atoms with Gasteiger partial charge in [0, 0.05) is 29.3 Å². The van der Waals surface area contributed by atoms with Crippen molar-refractivity contribution in [2.24, 2.45) is 5.73 Å². The monoisotopic (exact) mass is 266 g/mol. The first-order valence-corrected chi connectivity index (χ1v) is 6.80. The van der Waals surface area contributed by atoms with Crippen molar-refractivity contribution in [2.45, 2.75) is 26.2 Å². The predicted octanol–water partition coefficient (Wildman–Crippen LogP) is 3.39. The summed E-state index contributed by atoms with van der Waals surface area (Å²) in [6.45, 7) is 3.85. The zero-order valence-corrected chi connectivity index (χ0v) is 11.5.